The van der Waals surface area contributed by atoms with Gasteiger partial charge in [0.05, 0.1) is 17.2 Å². The first-order valence-corrected chi connectivity index (χ1v) is 5.74. The lowest BCUT2D eigenvalue weighted by atomic mass is 10.1. The average molecular weight is 213 g/mol. The summed E-state index contributed by atoms with van der Waals surface area (Å²) in [4.78, 5) is 4.24. The summed E-state index contributed by atoms with van der Waals surface area (Å²) < 4.78 is 5.59. The Morgan fingerprint density at radius 3 is 3.29 bits per heavy atom. The van der Waals surface area contributed by atoms with Crippen LogP contribution in [0.15, 0.2) is 11.6 Å². The van der Waals surface area contributed by atoms with Crippen molar-refractivity contribution in [1.29, 1.82) is 0 Å². The fourth-order valence-electron chi connectivity index (χ4n) is 1.76. The van der Waals surface area contributed by atoms with E-state index in [1.807, 2.05) is 11.6 Å². The van der Waals surface area contributed by atoms with Gasteiger partial charge in [-0.15, -0.1) is 11.3 Å². The number of nitrogens with one attached hydrogen (secondary N) is 1. The summed E-state index contributed by atoms with van der Waals surface area (Å²) in [6.45, 7) is 0.862. The second-order valence-electron chi connectivity index (χ2n) is 3.45. The quantitative estimate of drug-likeness (QED) is 0.571. The van der Waals surface area contributed by atoms with E-state index in [-0.39, 0.29) is 12.1 Å². The van der Waals surface area contributed by atoms with E-state index in [2.05, 4.69) is 10.4 Å². The third-order valence-corrected chi connectivity index (χ3v) is 3.31. The van der Waals surface area contributed by atoms with Crippen LogP contribution in [0.25, 0.3) is 0 Å². The van der Waals surface area contributed by atoms with Crippen molar-refractivity contribution in [1.82, 2.24) is 10.4 Å². The Kier molecular flexibility index (Phi) is 3.47. The van der Waals surface area contributed by atoms with E-state index in [0.717, 1.165) is 30.9 Å². The number of thiazole rings is 1. The number of ether oxygens (including phenoxy) is 1. The van der Waals surface area contributed by atoms with Gasteiger partial charge in [-0.1, -0.05) is 0 Å². The van der Waals surface area contributed by atoms with Crippen LogP contribution in [0, 0.1) is 0 Å². The molecule has 0 spiro atoms. The van der Waals surface area contributed by atoms with Gasteiger partial charge in [-0.05, 0) is 12.8 Å². The molecule has 1 aliphatic heterocycles. The molecule has 2 rings (SSSR count). The van der Waals surface area contributed by atoms with Crippen molar-refractivity contribution in [3.63, 3.8) is 0 Å². The van der Waals surface area contributed by atoms with Gasteiger partial charge < -0.3 is 4.74 Å². The average Bonchev–Trinajstić information content (AvgIpc) is 2.86. The molecule has 0 bridgehead atoms. The number of nitrogens with zero attached hydrogens (tertiary/aromatic N) is 1. The van der Waals surface area contributed by atoms with Crippen LogP contribution in [0.1, 0.15) is 17.8 Å². The molecule has 2 heterocycles. The van der Waals surface area contributed by atoms with E-state index in [1.54, 1.807) is 11.3 Å². The van der Waals surface area contributed by atoms with Gasteiger partial charge in [0, 0.05) is 24.6 Å². The summed E-state index contributed by atoms with van der Waals surface area (Å²) in [5, 5.41) is 3.10. The molecule has 5 heteroatoms. The summed E-state index contributed by atoms with van der Waals surface area (Å²) in [6, 6.07) is 0.198. The van der Waals surface area contributed by atoms with E-state index >= 15 is 0 Å². The molecule has 0 radical (unpaired) electrons. The third kappa shape index (κ3) is 2.30. The maximum atomic E-state index is 5.59. The van der Waals surface area contributed by atoms with Gasteiger partial charge >= 0.3 is 0 Å². The highest BCUT2D eigenvalue weighted by Gasteiger charge is 2.25. The Morgan fingerprint density at radius 1 is 1.79 bits per heavy atom. The van der Waals surface area contributed by atoms with Gasteiger partial charge in [0.25, 0.3) is 0 Å². The molecule has 3 N–H and O–H groups in total. The standard InChI is InChI=1S/C9H15N3OS/c10-12-7(8-2-1-4-13-8)6-9-11-3-5-14-9/h3,5,7-8,12H,1-2,4,6,10H2. The monoisotopic (exact) mass is 213 g/mol. The van der Waals surface area contributed by atoms with Gasteiger partial charge in [-0.3, -0.25) is 11.3 Å². The summed E-state index contributed by atoms with van der Waals surface area (Å²) in [7, 11) is 0. The minimum absolute atomic E-state index is 0.198. The van der Waals surface area contributed by atoms with Gasteiger partial charge in [0.2, 0.25) is 0 Å². The minimum atomic E-state index is 0.198. The van der Waals surface area contributed by atoms with Gasteiger partial charge in [-0.25, -0.2) is 4.98 Å². The molecule has 1 aromatic heterocycles. The van der Waals surface area contributed by atoms with E-state index in [9.17, 15) is 0 Å². The zero-order valence-corrected chi connectivity index (χ0v) is 8.80. The summed E-state index contributed by atoms with van der Waals surface area (Å²) in [5.74, 6) is 5.52. The van der Waals surface area contributed by atoms with E-state index < -0.39 is 0 Å². The summed E-state index contributed by atoms with van der Waals surface area (Å²) in [5.41, 5.74) is 2.82. The van der Waals surface area contributed by atoms with Crippen LogP contribution in [0.4, 0.5) is 0 Å². The van der Waals surface area contributed by atoms with Crippen LogP contribution < -0.4 is 11.3 Å². The zero-order valence-electron chi connectivity index (χ0n) is 7.98. The maximum Gasteiger partial charge on any atom is 0.0941 e. The molecular weight excluding hydrogens is 198 g/mol. The van der Waals surface area contributed by atoms with Gasteiger partial charge in [0.1, 0.15) is 0 Å². The topological polar surface area (TPSA) is 60.2 Å². The van der Waals surface area contributed by atoms with Crippen molar-refractivity contribution in [2.24, 2.45) is 5.84 Å². The van der Waals surface area contributed by atoms with Crippen molar-refractivity contribution in [2.75, 3.05) is 6.61 Å². The molecule has 2 unspecified atom stereocenters. The van der Waals surface area contributed by atoms with Crippen LogP contribution in [-0.2, 0) is 11.2 Å². The lowest BCUT2D eigenvalue weighted by molar-refractivity contribution is 0.0784. The Hall–Kier alpha value is -0.490. The molecule has 0 aromatic carbocycles. The van der Waals surface area contributed by atoms with Crippen molar-refractivity contribution in [2.45, 2.75) is 31.4 Å². The SMILES string of the molecule is NNC(Cc1nccs1)C1CCCO1. The molecule has 4 nitrogen and oxygen atoms in total. The zero-order chi connectivity index (χ0) is 9.80. The lowest BCUT2D eigenvalue weighted by Crippen LogP contribution is -2.45. The number of hydrazine groups is 1. The Morgan fingerprint density at radius 2 is 2.71 bits per heavy atom. The second-order valence-corrected chi connectivity index (χ2v) is 4.43. The third-order valence-electron chi connectivity index (χ3n) is 2.51. The fourth-order valence-corrected chi connectivity index (χ4v) is 2.44. The Labute approximate surface area is 87.4 Å². The molecule has 1 saturated heterocycles. The predicted octanol–water partition coefficient (Wildman–Crippen LogP) is 0.696. The largest absolute Gasteiger partial charge is 0.377 e. The fraction of sp³-hybridized carbons (Fsp3) is 0.667. The van der Waals surface area contributed by atoms with Crippen molar-refractivity contribution >= 4 is 11.3 Å². The van der Waals surface area contributed by atoms with E-state index in [0.29, 0.717) is 0 Å². The highest BCUT2D eigenvalue weighted by Crippen LogP contribution is 2.18. The number of aromatic nitrogens is 1. The number of hydrogen-bond acceptors (Lipinski definition) is 5. The second kappa shape index (κ2) is 4.84. The van der Waals surface area contributed by atoms with Crippen molar-refractivity contribution in [3.8, 4) is 0 Å². The van der Waals surface area contributed by atoms with Crippen LogP contribution in [-0.4, -0.2) is 23.7 Å². The van der Waals surface area contributed by atoms with Crippen molar-refractivity contribution in [3.05, 3.63) is 16.6 Å². The molecule has 1 aliphatic rings. The van der Waals surface area contributed by atoms with Crippen LogP contribution in [0.2, 0.25) is 0 Å². The molecule has 1 aromatic rings. The number of nitrogens with two attached hydrogens (primary N) is 1. The van der Waals surface area contributed by atoms with Gasteiger partial charge in [-0.2, -0.15) is 0 Å². The molecular formula is C9H15N3OS. The minimum Gasteiger partial charge on any atom is -0.377 e. The highest BCUT2D eigenvalue weighted by atomic mass is 32.1. The first kappa shape index (κ1) is 10.0. The molecule has 1 fully saturated rings. The van der Waals surface area contributed by atoms with Crippen molar-refractivity contribution < 1.29 is 4.74 Å². The first-order chi connectivity index (χ1) is 6.90. The Balaban J connectivity index is 1.92. The molecule has 2 atom stereocenters. The van der Waals surface area contributed by atoms with Crippen LogP contribution in [0.5, 0.6) is 0 Å². The Bertz CT molecular complexity index is 259. The van der Waals surface area contributed by atoms with Gasteiger partial charge in [0.15, 0.2) is 0 Å². The molecule has 78 valence electrons. The lowest BCUT2D eigenvalue weighted by Gasteiger charge is -2.20. The predicted molar refractivity (Wildman–Crippen MR) is 55.9 cm³/mol. The molecule has 0 saturated carbocycles. The van der Waals surface area contributed by atoms with Crippen LogP contribution >= 0.6 is 11.3 Å². The summed E-state index contributed by atoms with van der Waals surface area (Å²) >= 11 is 1.66. The van der Waals surface area contributed by atoms with Crippen LogP contribution in [0.3, 0.4) is 0 Å². The van der Waals surface area contributed by atoms with E-state index in [1.165, 1.54) is 0 Å². The number of hydrogen-bond donors (Lipinski definition) is 2. The first-order valence-electron chi connectivity index (χ1n) is 4.86. The van der Waals surface area contributed by atoms with E-state index in [4.69, 9.17) is 10.6 Å². The normalized spacial score (nSPS) is 23.9. The number of rotatable bonds is 4. The highest BCUT2D eigenvalue weighted by molar-refractivity contribution is 7.09. The maximum absolute atomic E-state index is 5.59. The molecule has 0 aliphatic carbocycles. The summed E-state index contributed by atoms with van der Waals surface area (Å²) in [6.07, 6.45) is 5.17. The molecule has 0 amide bonds. The molecule has 14 heavy (non-hydrogen) atoms. The smallest absolute Gasteiger partial charge is 0.0941 e.